The van der Waals surface area contributed by atoms with Gasteiger partial charge in [-0.15, -0.1) is 0 Å². The minimum Gasteiger partial charge on any atom is -0.396 e. The highest BCUT2D eigenvalue weighted by atomic mass is 19.1. The summed E-state index contributed by atoms with van der Waals surface area (Å²) in [6.45, 7) is 6.09. The Labute approximate surface area is 101 Å². The van der Waals surface area contributed by atoms with Crippen molar-refractivity contribution < 1.29 is 9.18 Å². The molecule has 0 aliphatic rings. The Hall–Kier alpha value is -1.58. The summed E-state index contributed by atoms with van der Waals surface area (Å²) in [5, 5.41) is 2.88. The van der Waals surface area contributed by atoms with Crippen molar-refractivity contribution >= 4 is 11.6 Å². The van der Waals surface area contributed by atoms with Gasteiger partial charge in [-0.05, 0) is 30.5 Å². The standard InChI is InChI=1S/C13H19FN2O/c1-4-12(8(2)3)16-13(17)9-5-6-11(15)10(14)7-9/h5-8,12H,4,15H2,1-3H3,(H,16,17). The molecule has 1 rings (SSSR count). The van der Waals surface area contributed by atoms with Gasteiger partial charge < -0.3 is 11.1 Å². The number of anilines is 1. The van der Waals surface area contributed by atoms with Crippen molar-refractivity contribution in [1.29, 1.82) is 0 Å². The number of amides is 1. The monoisotopic (exact) mass is 238 g/mol. The summed E-state index contributed by atoms with van der Waals surface area (Å²) in [6, 6.07) is 4.20. The third kappa shape index (κ3) is 3.44. The zero-order valence-electron chi connectivity index (χ0n) is 10.5. The van der Waals surface area contributed by atoms with Gasteiger partial charge in [0.25, 0.3) is 5.91 Å². The molecule has 1 atom stereocenters. The Bertz CT molecular complexity index is 404. The average molecular weight is 238 g/mol. The number of hydrogen-bond donors (Lipinski definition) is 2. The van der Waals surface area contributed by atoms with Gasteiger partial charge in [-0.25, -0.2) is 4.39 Å². The fourth-order valence-electron chi connectivity index (χ4n) is 1.66. The Morgan fingerprint density at radius 3 is 2.59 bits per heavy atom. The summed E-state index contributed by atoms with van der Waals surface area (Å²) in [5.74, 6) is -0.470. The lowest BCUT2D eigenvalue weighted by Crippen LogP contribution is -2.38. The third-order valence-corrected chi connectivity index (χ3v) is 2.82. The Morgan fingerprint density at radius 2 is 2.12 bits per heavy atom. The molecule has 0 fully saturated rings. The van der Waals surface area contributed by atoms with Gasteiger partial charge in [0.05, 0.1) is 5.69 Å². The van der Waals surface area contributed by atoms with Gasteiger partial charge in [0.15, 0.2) is 0 Å². The minimum atomic E-state index is -0.560. The number of benzene rings is 1. The number of nitrogens with two attached hydrogens (primary N) is 1. The topological polar surface area (TPSA) is 55.1 Å². The highest BCUT2D eigenvalue weighted by Crippen LogP contribution is 2.13. The molecule has 0 saturated carbocycles. The van der Waals surface area contributed by atoms with Crippen LogP contribution < -0.4 is 11.1 Å². The van der Waals surface area contributed by atoms with Gasteiger partial charge in [0.1, 0.15) is 5.82 Å². The van der Waals surface area contributed by atoms with Crippen LogP contribution in [0.4, 0.5) is 10.1 Å². The van der Waals surface area contributed by atoms with Crippen molar-refractivity contribution in [2.24, 2.45) is 5.92 Å². The van der Waals surface area contributed by atoms with Gasteiger partial charge in [-0.3, -0.25) is 4.79 Å². The first-order valence-corrected chi connectivity index (χ1v) is 5.81. The van der Waals surface area contributed by atoms with Crippen molar-refractivity contribution in [2.75, 3.05) is 5.73 Å². The molecular weight excluding hydrogens is 219 g/mol. The van der Waals surface area contributed by atoms with E-state index in [1.54, 1.807) is 0 Å². The van der Waals surface area contributed by atoms with Crippen LogP contribution in [0, 0.1) is 11.7 Å². The zero-order valence-corrected chi connectivity index (χ0v) is 10.5. The molecule has 0 spiro atoms. The maximum absolute atomic E-state index is 13.2. The van der Waals surface area contributed by atoms with E-state index in [0.29, 0.717) is 11.5 Å². The lowest BCUT2D eigenvalue weighted by atomic mass is 10.0. The molecule has 0 heterocycles. The van der Waals surface area contributed by atoms with E-state index in [1.807, 2.05) is 20.8 Å². The summed E-state index contributed by atoms with van der Waals surface area (Å²) in [6.07, 6.45) is 0.848. The minimum absolute atomic E-state index is 0.0532. The summed E-state index contributed by atoms with van der Waals surface area (Å²) in [5.41, 5.74) is 5.71. The van der Waals surface area contributed by atoms with Crippen LogP contribution in [-0.4, -0.2) is 11.9 Å². The van der Waals surface area contributed by atoms with E-state index >= 15 is 0 Å². The number of hydrogen-bond acceptors (Lipinski definition) is 2. The molecule has 0 aliphatic carbocycles. The first-order chi connectivity index (χ1) is 7.95. The highest BCUT2D eigenvalue weighted by molar-refractivity contribution is 5.94. The van der Waals surface area contributed by atoms with E-state index in [2.05, 4.69) is 5.32 Å². The van der Waals surface area contributed by atoms with Crippen molar-refractivity contribution in [3.05, 3.63) is 29.6 Å². The SMILES string of the molecule is CCC(NC(=O)c1ccc(N)c(F)c1)C(C)C. The zero-order chi connectivity index (χ0) is 13.0. The van der Waals surface area contributed by atoms with Crippen LogP contribution in [0.15, 0.2) is 18.2 Å². The van der Waals surface area contributed by atoms with Crippen molar-refractivity contribution in [3.8, 4) is 0 Å². The normalized spacial score (nSPS) is 12.5. The summed E-state index contributed by atoms with van der Waals surface area (Å²) in [7, 11) is 0. The second-order valence-electron chi connectivity index (χ2n) is 4.47. The van der Waals surface area contributed by atoms with Gasteiger partial charge in [-0.1, -0.05) is 20.8 Å². The lowest BCUT2D eigenvalue weighted by Gasteiger charge is -2.20. The molecule has 4 heteroatoms. The number of carbonyl (C=O) groups excluding carboxylic acids is 1. The van der Waals surface area contributed by atoms with E-state index in [0.717, 1.165) is 12.5 Å². The van der Waals surface area contributed by atoms with Gasteiger partial charge in [0, 0.05) is 11.6 Å². The Kier molecular flexibility index (Phi) is 4.49. The molecule has 94 valence electrons. The smallest absolute Gasteiger partial charge is 0.251 e. The van der Waals surface area contributed by atoms with Crippen molar-refractivity contribution in [1.82, 2.24) is 5.32 Å². The maximum Gasteiger partial charge on any atom is 0.251 e. The Balaban J connectivity index is 2.79. The molecule has 1 amide bonds. The Morgan fingerprint density at radius 1 is 1.47 bits per heavy atom. The number of nitrogen functional groups attached to an aromatic ring is 1. The fourth-order valence-corrected chi connectivity index (χ4v) is 1.66. The van der Waals surface area contributed by atoms with Crippen LogP contribution in [0.2, 0.25) is 0 Å². The molecule has 1 unspecified atom stereocenters. The fraction of sp³-hybridized carbons (Fsp3) is 0.462. The van der Waals surface area contributed by atoms with E-state index in [1.165, 1.54) is 12.1 Å². The van der Waals surface area contributed by atoms with Crippen LogP contribution in [0.3, 0.4) is 0 Å². The highest BCUT2D eigenvalue weighted by Gasteiger charge is 2.15. The van der Waals surface area contributed by atoms with E-state index in [-0.39, 0.29) is 17.6 Å². The van der Waals surface area contributed by atoms with Crippen LogP contribution in [0.5, 0.6) is 0 Å². The average Bonchev–Trinajstić information content (AvgIpc) is 2.28. The van der Waals surface area contributed by atoms with Crippen LogP contribution in [0.1, 0.15) is 37.6 Å². The largest absolute Gasteiger partial charge is 0.396 e. The molecule has 0 aromatic heterocycles. The number of halogens is 1. The summed E-state index contributed by atoms with van der Waals surface area (Å²) < 4.78 is 13.2. The molecule has 0 aliphatic heterocycles. The quantitative estimate of drug-likeness (QED) is 0.792. The van der Waals surface area contributed by atoms with Gasteiger partial charge in [0.2, 0.25) is 0 Å². The van der Waals surface area contributed by atoms with Crippen molar-refractivity contribution in [3.63, 3.8) is 0 Å². The summed E-state index contributed by atoms with van der Waals surface area (Å²) >= 11 is 0. The predicted molar refractivity (Wildman–Crippen MR) is 67.2 cm³/mol. The molecule has 1 aromatic rings. The van der Waals surface area contributed by atoms with Gasteiger partial charge in [-0.2, -0.15) is 0 Å². The van der Waals surface area contributed by atoms with Gasteiger partial charge >= 0.3 is 0 Å². The molecule has 3 N–H and O–H groups in total. The van der Waals surface area contributed by atoms with Crippen molar-refractivity contribution in [2.45, 2.75) is 33.2 Å². The second kappa shape index (κ2) is 5.66. The number of nitrogens with one attached hydrogen (secondary N) is 1. The number of rotatable bonds is 4. The molecule has 3 nitrogen and oxygen atoms in total. The van der Waals surface area contributed by atoms with Crippen LogP contribution in [-0.2, 0) is 0 Å². The molecule has 0 saturated heterocycles. The molecule has 0 radical (unpaired) electrons. The second-order valence-corrected chi connectivity index (χ2v) is 4.47. The van der Waals surface area contributed by atoms with E-state index in [9.17, 15) is 9.18 Å². The number of carbonyl (C=O) groups is 1. The molecule has 17 heavy (non-hydrogen) atoms. The predicted octanol–water partition coefficient (Wildman–Crippen LogP) is 2.57. The first kappa shape index (κ1) is 13.5. The molecular formula is C13H19FN2O. The first-order valence-electron chi connectivity index (χ1n) is 5.81. The van der Waals surface area contributed by atoms with Crippen LogP contribution >= 0.6 is 0 Å². The molecule has 0 bridgehead atoms. The third-order valence-electron chi connectivity index (χ3n) is 2.82. The molecule has 1 aromatic carbocycles. The lowest BCUT2D eigenvalue weighted by molar-refractivity contribution is 0.0924. The van der Waals surface area contributed by atoms with Crippen LogP contribution in [0.25, 0.3) is 0 Å². The summed E-state index contributed by atoms with van der Waals surface area (Å²) in [4.78, 5) is 11.9. The van der Waals surface area contributed by atoms with E-state index < -0.39 is 5.82 Å². The maximum atomic E-state index is 13.2. The van der Waals surface area contributed by atoms with E-state index in [4.69, 9.17) is 5.73 Å².